The molecule has 0 spiro atoms. The summed E-state index contributed by atoms with van der Waals surface area (Å²) in [5.74, 6) is 0.583. The summed E-state index contributed by atoms with van der Waals surface area (Å²) in [6.07, 6.45) is 3.82. The van der Waals surface area contributed by atoms with Crippen molar-refractivity contribution < 1.29 is 24.4 Å². The number of hydrogen-bond donors (Lipinski definition) is 2. The molecular weight excluding hydrogens is 308 g/mol. The lowest BCUT2D eigenvalue weighted by Gasteiger charge is -2.37. The average molecular weight is 342 g/mol. The smallest absolute Gasteiger partial charge is 0.163 e. The molecule has 1 heterocycles. The van der Waals surface area contributed by atoms with E-state index < -0.39 is 12.4 Å². The van der Waals surface area contributed by atoms with Gasteiger partial charge in [-0.05, 0) is 52.4 Å². The van der Waals surface area contributed by atoms with Gasteiger partial charge in [-0.25, -0.2) is 0 Å². The molecule has 1 saturated heterocycles. The Balaban J connectivity index is 1.76. The third-order valence-corrected chi connectivity index (χ3v) is 5.62. The highest BCUT2D eigenvalue weighted by Gasteiger charge is 2.56. The Morgan fingerprint density at radius 1 is 1.42 bits per heavy atom. The summed E-state index contributed by atoms with van der Waals surface area (Å²) in [6.45, 7) is 12.3. The first kappa shape index (κ1) is 19.9. The third-order valence-electron chi connectivity index (χ3n) is 5.62. The summed E-state index contributed by atoms with van der Waals surface area (Å²) in [6, 6.07) is 0. The average Bonchev–Trinajstić information content (AvgIpc) is 3.26. The van der Waals surface area contributed by atoms with E-state index in [0.717, 1.165) is 19.3 Å². The van der Waals surface area contributed by atoms with E-state index in [0.29, 0.717) is 18.9 Å². The fourth-order valence-corrected chi connectivity index (χ4v) is 3.72. The summed E-state index contributed by atoms with van der Waals surface area (Å²) in [5, 5.41) is 20.0. The standard InChI is InChI=1S/C19H34O5/c1-6-19(18(21)22-7-2)11-15(19)9-8-13(4)23-17-12(3)10-16(20)14(5)24-17/h6,12-18,20-21H,1,7-11H2,2-5H3/t12-,13-,14+,15-,16-,17-,18?,19-/m1/s1. The normalized spacial score (nSPS) is 41.7. The van der Waals surface area contributed by atoms with Gasteiger partial charge in [-0.3, -0.25) is 0 Å². The highest BCUT2D eigenvalue weighted by molar-refractivity contribution is 5.14. The van der Waals surface area contributed by atoms with Crippen LogP contribution in [0.1, 0.15) is 53.4 Å². The Morgan fingerprint density at radius 3 is 2.75 bits per heavy atom. The summed E-state index contributed by atoms with van der Waals surface area (Å²) in [7, 11) is 0. The molecule has 1 aliphatic heterocycles. The second-order valence-electron chi connectivity index (χ2n) is 7.54. The first-order chi connectivity index (χ1) is 11.3. The lowest BCUT2D eigenvalue weighted by molar-refractivity contribution is -0.255. The molecule has 2 aliphatic rings. The Morgan fingerprint density at radius 2 is 2.12 bits per heavy atom. The molecule has 0 amide bonds. The molecular formula is C19H34O5. The van der Waals surface area contributed by atoms with E-state index in [9.17, 15) is 10.2 Å². The first-order valence-corrected chi connectivity index (χ1v) is 9.26. The zero-order valence-electron chi connectivity index (χ0n) is 15.5. The third kappa shape index (κ3) is 4.38. The van der Waals surface area contributed by atoms with Gasteiger partial charge in [0.15, 0.2) is 12.6 Å². The molecule has 0 radical (unpaired) electrons. The van der Waals surface area contributed by atoms with Crippen LogP contribution in [-0.4, -0.2) is 47.7 Å². The molecule has 2 N–H and O–H groups in total. The predicted octanol–water partition coefficient (Wildman–Crippen LogP) is 2.85. The van der Waals surface area contributed by atoms with Crippen molar-refractivity contribution in [3.05, 3.63) is 12.7 Å². The molecule has 1 unspecified atom stereocenters. The van der Waals surface area contributed by atoms with Crippen molar-refractivity contribution in [1.29, 1.82) is 0 Å². The molecule has 0 aromatic carbocycles. The van der Waals surface area contributed by atoms with Crippen LogP contribution in [0.25, 0.3) is 0 Å². The molecule has 1 aliphatic carbocycles. The minimum absolute atomic E-state index is 0.0762. The molecule has 0 bridgehead atoms. The van der Waals surface area contributed by atoms with Crippen LogP contribution in [0.3, 0.4) is 0 Å². The first-order valence-electron chi connectivity index (χ1n) is 9.26. The highest BCUT2D eigenvalue weighted by Crippen LogP contribution is 2.58. The molecule has 1 saturated carbocycles. The molecule has 0 aromatic rings. The maximum Gasteiger partial charge on any atom is 0.163 e. The van der Waals surface area contributed by atoms with Gasteiger partial charge in [0, 0.05) is 17.9 Å². The fraction of sp³-hybridized carbons (Fsp3) is 0.895. The van der Waals surface area contributed by atoms with Gasteiger partial charge in [0.25, 0.3) is 0 Å². The quantitative estimate of drug-likeness (QED) is 0.498. The zero-order chi connectivity index (χ0) is 17.9. The molecule has 0 aromatic heterocycles. The minimum atomic E-state index is -0.759. The van der Waals surface area contributed by atoms with Gasteiger partial charge >= 0.3 is 0 Å². The van der Waals surface area contributed by atoms with Crippen molar-refractivity contribution in [3.8, 4) is 0 Å². The van der Waals surface area contributed by atoms with Crippen molar-refractivity contribution in [3.63, 3.8) is 0 Å². The largest absolute Gasteiger partial charge is 0.390 e. The lowest BCUT2D eigenvalue weighted by atomic mass is 9.96. The van der Waals surface area contributed by atoms with Crippen LogP contribution in [0.2, 0.25) is 0 Å². The van der Waals surface area contributed by atoms with E-state index in [2.05, 4.69) is 20.4 Å². The Kier molecular flexibility index (Phi) is 6.85. The van der Waals surface area contributed by atoms with Gasteiger partial charge in [0.05, 0.1) is 18.3 Å². The van der Waals surface area contributed by atoms with Crippen molar-refractivity contribution in [2.24, 2.45) is 17.3 Å². The van der Waals surface area contributed by atoms with Gasteiger partial charge in [-0.15, -0.1) is 6.58 Å². The van der Waals surface area contributed by atoms with Gasteiger partial charge in [-0.1, -0.05) is 13.0 Å². The number of aliphatic hydroxyl groups excluding tert-OH is 2. The second kappa shape index (κ2) is 8.28. The number of hydrogen-bond acceptors (Lipinski definition) is 5. The molecule has 2 rings (SSSR count). The molecule has 2 fully saturated rings. The van der Waals surface area contributed by atoms with Crippen LogP contribution >= 0.6 is 0 Å². The van der Waals surface area contributed by atoms with Gasteiger partial charge in [-0.2, -0.15) is 0 Å². The SMILES string of the molecule is C=C[C@@]1(C(O)OCC)C[C@H]1CC[C@@H](C)O[C@@H]1O[C@@H](C)[C@H](O)C[C@H]1C. The summed E-state index contributed by atoms with van der Waals surface area (Å²) < 4.78 is 17.2. The second-order valence-corrected chi connectivity index (χ2v) is 7.54. The molecule has 140 valence electrons. The van der Waals surface area contributed by atoms with Crippen LogP contribution in [0.15, 0.2) is 12.7 Å². The zero-order valence-corrected chi connectivity index (χ0v) is 15.5. The topological polar surface area (TPSA) is 68.2 Å². The van der Waals surface area contributed by atoms with Gasteiger partial charge in [0.2, 0.25) is 0 Å². The molecule has 5 nitrogen and oxygen atoms in total. The summed E-state index contributed by atoms with van der Waals surface area (Å²) in [4.78, 5) is 0. The maximum atomic E-state index is 10.2. The van der Waals surface area contributed by atoms with Crippen molar-refractivity contribution in [1.82, 2.24) is 0 Å². The number of rotatable bonds is 9. The van der Waals surface area contributed by atoms with Crippen molar-refractivity contribution >= 4 is 0 Å². The Hall–Kier alpha value is -0.460. The van der Waals surface area contributed by atoms with E-state index in [1.54, 1.807) is 0 Å². The van der Waals surface area contributed by atoms with E-state index in [-0.39, 0.29) is 29.8 Å². The van der Waals surface area contributed by atoms with Crippen molar-refractivity contribution in [2.45, 2.75) is 84.3 Å². The van der Waals surface area contributed by atoms with Crippen molar-refractivity contribution in [2.75, 3.05) is 6.61 Å². The van der Waals surface area contributed by atoms with Gasteiger partial charge in [0.1, 0.15) is 0 Å². The van der Waals surface area contributed by atoms with E-state index in [1.807, 2.05) is 19.9 Å². The van der Waals surface area contributed by atoms with E-state index in [1.165, 1.54) is 0 Å². The predicted molar refractivity (Wildman–Crippen MR) is 92.3 cm³/mol. The monoisotopic (exact) mass is 342 g/mol. The van der Waals surface area contributed by atoms with E-state index >= 15 is 0 Å². The number of ether oxygens (including phenoxy) is 3. The van der Waals surface area contributed by atoms with Crippen LogP contribution in [0.5, 0.6) is 0 Å². The minimum Gasteiger partial charge on any atom is -0.390 e. The van der Waals surface area contributed by atoms with Crippen LogP contribution < -0.4 is 0 Å². The maximum absolute atomic E-state index is 10.2. The van der Waals surface area contributed by atoms with Gasteiger partial charge < -0.3 is 24.4 Å². The van der Waals surface area contributed by atoms with Crippen LogP contribution in [0.4, 0.5) is 0 Å². The molecule has 5 heteroatoms. The van der Waals surface area contributed by atoms with Crippen LogP contribution in [-0.2, 0) is 14.2 Å². The lowest BCUT2D eigenvalue weighted by Crippen LogP contribution is -2.44. The summed E-state index contributed by atoms with van der Waals surface area (Å²) >= 11 is 0. The molecule has 24 heavy (non-hydrogen) atoms. The Bertz CT molecular complexity index is 415. The highest BCUT2D eigenvalue weighted by atomic mass is 16.7. The Labute approximate surface area is 146 Å². The molecule has 8 atom stereocenters. The summed E-state index contributed by atoms with van der Waals surface area (Å²) in [5.41, 5.74) is -0.289. The van der Waals surface area contributed by atoms with Crippen LogP contribution in [0, 0.1) is 17.3 Å². The number of aliphatic hydroxyl groups is 2. The van der Waals surface area contributed by atoms with E-state index in [4.69, 9.17) is 14.2 Å². The fourth-order valence-electron chi connectivity index (χ4n) is 3.72.